The number of phenols is 2. The van der Waals surface area contributed by atoms with E-state index < -0.39 is 17.5 Å². The van der Waals surface area contributed by atoms with Gasteiger partial charge in [-0.05, 0) is 77.0 Å². The fourth-order valence-electron chi connectivity index (χ4n) is 5.99. The smallest absolute Gasteiger partial charge is 0.280 e. The summed E-state index contributed by atoms with van der Waals surface area (Å²) < 4.78 is 68.1. The van der Waals surface area contributed by atoms with Gasteiger partial charge in [-0.1, -0.05) is 135 Å². The minimum absolute atomic E-state index is 0.00463. The second-order valence-electron chi connectivity index (χ2n) is 15.0. The predicted molar refractivity (Wildman–Crippen MR) is 299 cm³/mol. The van der Waals surface area contributed by atoms with Crippen LogP contribution in [-0.2, 0) is 24.0 Å². The molecule has 2 aliphatic rings. The Bertz CT molecular complexity index is 3480. The topological polar surface area (TPSA) is 228 Å². The van der Waals surface area contributed by atoms with Gasteiger partial charge >= 0.3 is 0 Å². The number of rotatable bonds is 11. The number of aliphatic imine (C=N–C) groups is 1. The lowest BCUT2D eigenvalue weighted by Gasteiger charge is -2.17. The lowest BCUT2D eigenvalue weighted by atomic mass is 10.1. The zero-order valence-corrected chi connectivity index (χ0v) is 46.3. The van der Waals surface area contributed by atoms with Gasteiger partial charge in [0.25, 0.3) is 29.4 Å². The van der Waals surface area contributed by atoms with Crippen molar-refractivity contribution in [3.05, 3.63) is 205 Å². The van der Waals surface area contributed by atoms with Gasteiger partial charge in [-0.3, -0.25) is 4.99 Å². The van der Waals surface area contributed by atoms with Crippen LogP contribution in [0.2, 0.25) is 30.4 Å². The molecular formula is C53H40Cl6F3N9O10. The van der Waals surface area contributed by atoms with Gasteiger partial charge in [0, 0.05) is 18.8 Å². The molecule has 3 aromatic heterocycles. The molecule has 2 aliphatic heterocycles. The van der Waals surface area contributed by atoms with Gasteiger partial charge in [-0.2, -0.15) is 23.7 Å². The number of benzene rings is 5. The maximum Gasteiger partial charge on any atom is 0.280 e. The minimum Gasteiger partial charge on any atom is -0.507 e. The number of oxime groups is 3. The van der Waals surface area contributed by atoms with Crippen LogP contribution in [0.25, 0.3) is 0 Å². The molecule has 19 nitrogen and oxygen atoms in total. The van der Waals surface area contributed by atoms with Crippen molar-refractivity contribution in [3.63, 3.8) is 0 Å². The summed E-state index contributed by atoms with van der Waals surface area (Å²) in [6.07, 6.45) is 3.58. The molecule has 0 spiro atoms. The normalized spacial score (nSPS) is 12.5. The zero-order valence-electron chi connectivity index (χ0n) is 41.8. The summed E-state index contributed by atoms with van der Waals surface area (Å²) in [5, 5.41) is 30.5. The van der Waals surface area contributed by atoms with Gasteiger partial charge in [0.15, 0.2) is 35.0 Å². The van der Waals surface area contributed by atoms with Crippen LogP contribution >= 0.6 is 69.6 Å². The molecule has 0 amide bonds. The van der Waals surface area contributed by atoms with E-state index in [-0.39, 0.29) is 67.8 Å². The molecule has 0 unspecified atom stereocenters. The van der Waals surface area contributed by atoms with Crippen LogP contribution in [0.15, 0.2) is 167 Å². The Kier molecular flexibility index (Phi) is 24.4. The third-order valence-corrected chi connectivity index (χ3v) is 11.4. The Balaban J connectivity index is 0.000000179. The molecule has 0 saturated carbocycles. The van der Waals surface area contributed by atoms with Crippen LogP contribution in [0.1, 0.15) is 11.1 Å². The van der Waals surface area contributed by atoms with Crippen LogP contribution in [0.3, 0.4) is 0 Å². The first-order valence-corrected chi connectivity index (χ1v) is 25.2. The van der Waals surface area contributed by atoms with E-state index in [0.29, 0.717) is 69.8 Å². The maximum absolute atomic E-state index is 15.0. The number of aromatic nitrogens is 5. The molecule has 2 N–H and O–H groups in total. The Hall–Kier alpha value is -8.38. The summed E-state index contributed by atoms with van der Waals surface area (Å²) in [6, 6.07) is 34.9. The summed E-state index contributed by atoms with van der Waals surface area (Å²) in [5.74, 6) is -1.85. The Morgan fingerprint density at radius 1 is 0.481 bits per heavy atom. The van der Waals surface area contributed by atoms with E-state index in [0.717, 1.165) is 12.7 Å². The van der Waals surface area contributed by atoms with Crippen molar-refractivity contribution in [2.75, 3.05) is 40.6 Å². The Morgan fingerprint density at radius 2 is 0.938 bits per heavy atom. The SMILES string of the molecule is CN=C(C1=NOCCO1)c1ccccc1Oc1ncnc(Oc2ccccc2Cl)c1F.CO/N=C(/C1=NOCCO1)c1ccccc1O.Fc1c(Cl)ccnc1Cl.Fc1c(Cl)ncnc1Oc1ccccc1Cl.Oc1ccccc1Cl. The van der Waals surface area contributed by atoms with Gasteiger partial charge < -0.3 is 48.4 Å². The fraction of sp³-hybridized carbons (Fsp3) is 0.113. The number of pyridine rings is 1. The van der Waals surface area contributed by atoms with E-state index >= 15 is 4.39 Å². The maximum atomic E-state index is 15.0. The number of nitrogens with zero attached hydrogens (tertiary/aromatic N) is 9. The first-order valence-electron chi connectivity index (χ1n) is 22.9. The molecule has 0 aliphatic carbocycles. The second-order valence-corrected chi connectivity index (χ2v) is 17.3. The van der Waals surface area contributed by atoms with Crippen molar-refractivity contribution < 1.29 is 61.6 Å². The highest BCUT2D eigenvalue weighted by Gasteiger charge is 2.24. The number of aromatic hydroxyl groups is 2. The summed E-state index contributed by atoms with van der Waals surface area (Å²) >= 11 is 33.4. The van der Waals surface area contributed by atoms with E-state index in [1.165, 1.54) is 19.4 Å². The Morgan fingerprint density at radius 3 is 1.41 bits per heavy atom. The van der Waals surface area contributed by atoms with E-state index in [1.54, 1.807) is 128 Å². The second kappa shape index (κ2) is 32.0. The largest absolute Gasteiger partial charge is 0.507 e. The quantitative estimate of drug-likeness (QED) is 0.0531. The number of hydrogen-bond acceptors (Lipinski definition) is 19. The van der Waals surface area contributed by atoms with Gasteiger partial charge in [0.2, 0.25) is 11.6 Å². The molecular weight excluding hydrogens is 1190 g/mol. The van der Waals surface area contributed by atoms with Gasteiger partial charge in [-0.25, -0.2) is 14.4 Å². The highest BCUT2D eigenvalue weighted by Crippen LogP contribution is 2.35. The number of ether oxygens (including phenoxy) is 5. The van der Waals surface area contributed by atoms with Gasteiger partial charge in [-0.15, -0.1) is 0 Å². The van der Waals surface area contributed by atoms with Crippen molar-refractivity contribution in [1.82, 2.24) is 24.9 Å². The third-order valence-electron chi connectivity index (χ3n) is 9.62. The van der Waals surface area contributed by atoms with Crippen LogP contribution in [0, 0.1) is 17.5 Å². The van der Waals surface area contributed by atoms with Crippen LogP contribution in [0.4, 0.5) is 13.2 Å². The molecule has 81 heavy (non-hydrogen) atoms. The van der Waals surface area contributed by atoms with Crippen molar-refractivity contribution in [1.29, 1.82) is 0 Å². The predicted octanol–water partition coefficient (Wildman–Crippen LogP) is 14.0. The molecule has 10 rings (SSSR count). The lowest BCUT2D eigenvalue weighted by molar-refractivity contribution is 0.0672. The van der Waals surface area contributed by atoms with Crippen molar-refractivity contribution >= 4 is 92.8 Å². The zero-order chi connectivity index (χ0) is 58.1. The number of halogens is 9. The number of phenolic OH excluding ortho intramolecular Hbond substituents is 2. The van der Waals surface area contributed by atoms with E-state index in [4.69, 9.17) is 113 Å². The molecule has 0 atom stereocenters. The first-order chi connectivity index (χ1) is 39.2. The minimum atomic E-state index is -0.887. The molecule has 0 saturated heterocycles. The van der Waals surface area contributed by atoms with Crippen molar-refractivity contribution in [2.24, 2.45) is 20.5 Å². The first kappa shape index (κ1) is 61.8. The standard InChI is InChI=1S/C21H16ClFN4O4.C11H12N2O4.C10H5Cl2FN2O.C6H5ClO.C5H2Cl2FN/c1-24-18(21-27-29-11-10-28-21)13-6-2-4-8-15(13)30-19-17(23)20(26-12-25-19)31-16-9-5-3-7-14(16)22;1-15-12-10(11-13-17-7-6-16-11)8-4-2-3-5-9(8)14;11-6-3-1-2-4-7(6)16-10-8(13)9(12)14-5-15-10;7-5-3-1-2-4-6(5)8;6-3-1-2-9-5(7)4(3)8/h2-9,12H,10-11H2,1H3;2-5,14H,6-7H2,1H3;1-5H;1-4,8H;1-2H/b;12-10+;;;. The number of hydrogen-bond donors (Lipinski definition) is 2. The average molecular weight is 1230 g/mol. The van der Waals surface area contributed by atoms with Gasteiger partial charge in [0.1, 0.15) is 67.4 Å². The number of para-hydroxylation sites is 5. The molecule has 8 aromatic rings. The molecule has 5 heterocycles. The molecule has 28 heteroatoms. The third kappa shape index (κ3) is 18.3. The van der Waals surface area contributed by atoms with Crippen molar-refractivity contribution in [2.45, 2.75) is 0 Å². The lowest BCUT2D eigenvalue weighted by Crippen LogP contribution is -2.25. The fourth-order valence-corrected chi connectivity index (χ4v) is 6.95. The average Bonchev–Trinajstić information content (AvgIpc) is 3.48. The summed E-state index contributed by atoms with van der Waals surface area (Å²) in [7, 11) is 2.98. The van der Waals surface area contributed by atoms with Crippen LogP contribution < -0.4 is 14.2 Å². The highest BCUT2D eigenvalue weighted by molar-refractivity contribution is 6.46. The van der Waals surface area contributed by atoms with Crippen LogP contribution in [0.5, 0.6) is 46.4 Å². The molecule has 0 fully saturated rings. The summed E-state index contributed by atoms with van der Waals surface area (Å²) in [4.78, 5) is 37.2. The van der Waals surface area contributed by atoms with Crippen LogP contribution in [-0.4, -0.2) is 98.9 Å². The summed E-state index contributed by atoms with van der Waals surface area (Å²) in [6.45, 7) is 1.46. The molecule has 5 aromatic carbocycles. The van der Waals surface area contributed by atoms with Gasteiger partial charge in [0.05, 0.1) is 25.7 Å². The van der Waals surface area contributed by atoms with E-state index in [1.807, 2.05) is 0 Å². The van der Waals surface area contributed by atoms with Crippen molar-refractivity contribution in [3.8, 4) is 46.4 Å². The Labute approximate surface area is 489 Å². The molecule has 0 radical (unpaired) electrons. The molecule has 420 valence electrons. The monoisotopic (exact) mass is 1230 g/mol. The highest BCUT2D eigenvalue weighted by atomic mass is 35.5. The van der Waals surface area contributed by atoms with E-state index in [9.17, 15) is 13.9 Å². The summed E-state index contributed by atoms with van der Waals surface area (Å²) in [5.41, 5.74) is 1.67. The molecule has 0 bridgehead atoms. The van der Waals surface area contributed by atoms with E-state index in [2.05, 4.69) is 45.4 Å².